The van der Waals surface area contributed by atoms with Gasteiger partial charge in [0.25, 0.3) is 5.91 Å². The minimum Gasteiger partial charge on any atom is -0.464 e. The Hall–Kier alpha value is -2.81. The Balaban J connectivity index is 1.90. The van der Waals surface area contributed by atoms with Gasteiger partial charge in [-0.05, 0) is 37.8 Å². The highest BCUT2D eigenvalue weighted by Gasteiger charge is 2.27. The zero-order valence-electron chi connectivity index (χ0n) is 14.7. The molecule has 1 aromatic rings. The standard InChI is InChI=1S/C18H19F2N3O4/c1-26-18(25)16-13(10-23(22-16)14-8-4-5-9-27-14)21-17(24)15-11(19)6-2-3-7-12(15)20/h2,6-7,10,14H,3-5,8-9H2,1H3,(H,21,24). The van der Waals surface area contributed by atoms with Crippen molar-refractivity contribution in [3.8, 4) is 0 Å². The fourth-order valence-corrected chi connectivity index (χ4v) is 2.85. The predicted octanol–water partition coefficient (Wildman–Crippen LogP) is 3.34. The zero-order chi connectivity index (χ0) is 19.4. The van der Waals surface area contributed by atoms with Gasteiger partial charge >= 0.3 is 5.97 Å². The van der Waals surface area contributed by atoms with Crippen molar-refractivity contribution in [2.45, 2.75) is 31.9 Å². The van der Waals surface area contributed by atoms with Crippen molar-refractivity contribution in [1.29, 1.82) is 0 Å². The number of aromatic nitrogens is 2. The summed E-state index contributed by atoms with van der Waals surface area (Å²) in [5.74, 6) is -3.79. The van der Waals surface area contributed by atoms with Gasteiger partial charge in [-0.1, -0.05) is 6.08 Å². The Morgan fingerprint density at radius 2 is 2.19 bits per heavy atom. The first-order valence-corrected chi connectivity index (χ1v) is 8.54. The Labute approximate surface area is 154 Å². The Morgan fingerprint density at radius 3 is 2.89 bits per heavy atom. The van der Waals surface area contributed by atoms with E-state index in [1.54, 1.807) is 0 Å². The van der Waals surface area contributed by atoms with Gasteiger partial charge in [-0.3, -0.25) is 4.79 Å². The number of carbonyl (C=O) groups is 2. The summed E-state index contributed by atoms with van der Waals surface area (Å²) >= 11 is 0. The van der Waals surface area contributed by atoms with Gasteiger partial charge in [0.1, 0.15) is 23.5 Å². The second-order valence-corrected chi connectivity index (χ2v) is 6.05. The van der Waals surface area contributed by atoms with E-state index in [1.165, 1.54) is 24.1 Å². The third-order valence-electron chi connectivity index (χ3n) is 4.21. The van der Waals surface area contributed by atoms with Crippen molar-refractivity contribution in [1.82, 2.24) is 9.78 Å². The molecule has 1 aliphatic heterocycles. The lowest BCUT2D eigenvalue weighted by atomic mass is 10.2. The van der Waals surface area contributed by atoms with Crippen LogP contribution in [0.25, 0.3) is 0 Å². The molecule has 0 spiro atoms. The van der Waals surface area contributed by atoms with Crippen molar-refractivity contribution in [3.05, 3.63) is 47.3 Å². The first kappa shape index (κ1) is 19.0. The van der Waals surface area contributed by atoms with Crippen LogP contribution < -0.4 is 5.32 Å². The molecule has 0 aromatic carbocycles. The van der Waals surface area contributed by atoms with Gasteiger partial charge in [0.15, 0.2) is 5.69 Å². The molecule has 1 unspecified atom stereocenters. The van der Waals surface area contributed by atoms with Crippen LogP contribution in [0.4, 0.5) is 14.5 Å². The minimum atomic E-state index is -1.03. The number of ether oxygens (including phenoxy) is 2. The van der Waals surface area contributed by atoms with E-state index in [0.717, 1.165) is 25.0 Å². The van der Waals surface area contributed by atoms with Gasteiger partial charge in [0.05, 0.1) is 19.0 Å². The molecule has 2 aliphatic rings. The highest BCUT2D eigenvalue weighted by Crippen LogP contribution is 2.28. The van der Waals surface area contributed by atoms with Gasteiger partial charge in [-0.25, -0.2) is 18.3 Å². The maximum Gasteiger partial charge on any atom is 0.360 e. The van der Waals surface area contributed by atoms with E-state index in [0.29, 0.717) is 13.0 Å². The number of hydrogen-bond acceptors (Lipinski definition) is 5. The summed E-state index contributed by atoms with van der Waals surface area (Å²) in [4.78, 5) is 24.4. The van der Waals surface area contributed by atoms with Crippen LogP contribution in [-0.2, 0) is 14.3 Å². The average Bonchev–Trinajstić information content (AvgIpc) is 3.01. The van der Waals surface area contributed by atoms with Crippen LogP contribution in [0.5, 0.6) is 0 Å². The predicted molar refractivity (Wildman–Crippen MR) is 92.1 cm³/mol. The van der Waals surface area contributed by atoms with Crippen molar-refractivity contribution in [3.63, 3.8) is 0 Å². The molecule has 1 atom stereocenters. The summed E-state index contributed by atoms with van der Waals surface area (Å²) in [5, 5.41) is 6.48. The fourth-order valence-electron chi connectivity index (χ4n) is 2.85. The molecule has 144 valence electrons. The average molecular weight is 379 g/mol. The molecule has 0 saturated carbocycles. The van der Waals surface area contributed by atoms with E-state index >= 15 is 0 Å². The number of nitrogens with one attached hydrogen (secondary N) is 1. The number of halogens is 2. The molecule has 7 nitrogen and oxygen atoms in total. The third kappa shape index (κ3) is 4.13. The number of esters is 1. The molecule has 1 N–H and O–H groups in total. The van der Waals surface area contributed by atoms with Crippen LogP contribution in [0, 0.1) is 0 Å². The molecule has 1 fully saturated rings. The number of hydrogen-bond donors (Lipinski definition) is 1. The van der Waals surface area contributed by atoms with Crippen LogP contribution >= 0.6 is 0 Å². The third-order valence-corrected chi connectivity index (χ3v) is 4.21. The summed E-state index contributed by atoms with van der Waals surface area (Å²) in [5.41, 5.74) is -0.918. The topological polar surface area (TPSA) is 82.4 Å². The largest absolute Gasteiger partial charge is 0.464 e. The van der Waals surface area contributed by atoms with Crippen LogP contribution in [-0.4, -0.2) is 35.4 Å². The zero-order valence-corrected chi connectivity index (χ0v) is 14.7. The summed E-state index contributed by atoms with van der Waals surface area (Å²) in [7, 11) is 1.17. The van der Waals surface area contributed by atoms with Gasteiger partial charge in [0.2, 0.25) is 0 Å². The molecule has 1 saturated heterocycles. The molecular weight excluding hydrogens is 360 g/mol. The second kappa shape index (κ2) is 8.26. The number of methoxy groups -OCH3 is 1. The summed E-state index contributed by atoms with van der Waals surface area (Å²) in [6, 6.07) is 0. The highest BCUT2D eigenvalue weighted by molar-refractivity contribution is 6.09. The van der Waals surface area contributed by atoms with Gasteiger partial charge in [-0.2, -0.15) is 5.10 Å². The summed E-state index contributed by atoms with van der Waals surface area (Å²) < 4.78 is 39.8. The Morgan fingerprint density at radius 1 is 1.37 bits per heavy atom. The number of anilines is 1. The number of carbonyl (C=O) groups excluding carboxylic acids is 2. The summed E-state index contributed by atoms with van der Waals surface area (Å²) in [6.07, 6.45) is 7.24. The van der Waals surface area contributed by atoms with Gasteiger partial charge in [-0.15, -0.1) is 0 Å². The number of rotatable bonds is 4. The van der Waals surface area contributed by atoms with Crippen molar-refractivity contribution in [2.24, 2.45) is 0 Å². The first-order chi connectivity index (χ1) is 13.0. The van der Waals surface area contributed by atoms with Crippen molar-refractivity contribution >= 4 is 17.6 Å². The maximum atomic E-state index is 14.1. The SMILES string of the molecule is COC(=O)c1nn(C2CCCCO2)cc1NC(=O)C1=C(F)C=CCC=C1F. The molecule has 1 amide bonds. The van der Waals surface area contributed by atoms with Gasteiger partial charge in [0, 0.05) is 6.61 Å². The second-order valence-electron chi connectivity index (χ2n) is 6.05. The Bertz CT molecular complexity index is 836. The summed E-state index contributed by atoms with van der Waals surface area (Å²) in [6.45, 7) is 0.556. The van der Waals surface area contributed by atoms with E-state index in [1.807, 2.05) is 0 Å². The smallest absolute Gasteiger partial charge is 0.360 e. The van der Waals surface area contributed by atoms with Crippen molar-refractivity contribution < 1.29 is 27.8 Å². The van der Waals surface area contributed by atoms with Crippen LogP contribution in [0.2, 0.25) is 0 Å². The quantitative estimate of drug-likeness (QED) is 0.812. The number of allylic oxidation sites excluding steroid dienone is 4. The monoisotopic (exact) mass is 379 g/mol. The lowest BCUT2D eigenvalue weighted by molar-refractivity contribution is -0.112. The molecule has 1 aliphatic carbocycles. The fraction of sp³-hybridized carbons (Fsp3) is 0.389. The Kier molecular flexibility index (Phi) is 5.80. The molecule has 0 radical (unpaired) electrons. The molecule has 2 heterocycles. The first-order valence-electron chi connectivity index (χ1n) is 8.54. The van der Waals surface area contributed by atoms with E-state index in [2.05, 4.69) is 15.2 Å². The molecule has 1 aromatic heterocycles. The van der Waals surface area contributed by atoms with Gasteiger partial charge < -0.3 is 14.8 Å². The lowest BCUT2D eigenvalue weighted by Crippen LogP contribution is -2.19. The molecule has 3 rings (SSSR count). The highest BCUT2D eigenvalue weighted by atomic mass is 19.1. The molecule has 0 bridgehead atoms. The van der Waals surface area contributed by atoms with Crippen LogP contribution in [0.1, 0.15) is 42.4 Å². The number of amides is 1. The van der Waals surface area contributed by atoms with Crippen molar-refractivity contribution in [2.75, 3.05) is 19.0 Å². The lowest BCUT2D eigenvalue weighted by Gasteiger charge is -2.22. The van der Waals surface area contributed by atoms with E-state index in [9.17, 15) is 18.4 Å². The van der Waals surface area contributed by atoms with E-state index < -0.39 is 29.1 Å². The number of nitrogens with zero attached hydrogens (tertiary/aromatic N) is 2. The molecule has 27 heavy (non-hydrogen) atoms. The minimum absolute atomic E-state index is 0.0117. The normalized spacial score (nSPS) is 20.1. The van der Waals surface area contributed by atoms with E-state index in [4.69, 9.17) is 4.74 Å². The molecule has 9 heteroatoms. The van der Waals surface area contributed by atoms with E-state index in [-0.39, 0.29) is 24.0 Å². The molecular formula is C18H19F2N3O4. The van der Waals surface area contributed by atoms with Crippen LogP contribution in [0.15, 0.2) is 41.7 Å². The maximum absolute atomic E-state index is 14.1. The van der Waals surface area contributed by atoms with Crippen LogP contribution in [0.3, 0.4) is 0 Å².